The van der Waals surface area contributed by atoms with Gasteiger partial charge in [-0.05, 0) is 30.2 Å². The van der Waals surface area contributed by atoms with Gasteiger partial charge >= 0.3 is 0 Å². The van der Waals surface area contributed by atoms with Crippen LogP contribution >= 0.6 is 11.8 Å². The van der Waals surface area contributed by atoms with Crippen LogP contribution in [0.15, 0.2) is 35.5 Å². The van der Waals surface area contributed by atoms with Crippen LogP contribution in [0.1, 0.15) is 26.7 Å². The Morgan fingerprint density at radius 1 is 1.20 bits per heavy atom. The van der Waals surface area contributed by atoms with Gasteiger partial charge in [0, 0.05) is 23.4 Å². The van der Waals surface area contributed by atoms with Gasteiger partial charge in [0.25, 0.3) is 0 Å². The van der Waals surface area contributed by atoms with Crippen LogP contribution in [0.4, 0.5) is 8.78 Å². The number of aliphatic hydroxyl groups is 2. The van der Waals surface area contributed by atoms with Crippen LogP contribution in [-0.4, -0.2) is 33.3 Å². The van der Waals surface area contributed by atoms with Gasteiger partial charge in [-0.2, -0.15) is 0 Å². The number of rotatable bonds is 8. The van der Waals surface area contributed by atoms with Crippen molar-refractivity contribution in [2.24, 2.45) is 0 Å². The Hall–Kier alpha value is -1.70. The Morgan fingerprint density at radius 2 is 1.88 bits per heavy atom. The zero-order valence-electron chi connectivity index (χ0n) is 14.1. The first-order valence-corrected chi connectivity index (χ1v) is 8.86. The van der Waals surface area contributed by atoms with Gasteiger partial charge in [0.15, 0.2) is 23.7 Å². The number of benzene rings is 1. The molecule has 0 bridgehead atoms. The van der Waals surface area contributed by atoms with Crippen molar-refractivity contribution < 1.29 is 23.7 Å². The van der Waals surface area contributed by atoms with E-state index in [1.54, 1.807) is 18.3 Å². The third kappa shape index (κ3) is 5.66. The Morgan fingerprint density at radius 3 is 2.48 bits per heavy atom. The largest absolute Gasteiger partial charge is 0.488 e. The van der Waals surface area contributed by atoms with Crippen LogP contribution in [0.5, 0.6) is 5.75 Å². The van der Waals surface area contributed by atoms with E-state index >= 15 is 0 Å². The molecule has 2 aromatic rings. The number of hydrogen-bond acceptors (Lipinski definition) is 5. The molecule has 0 spiro atoms. The van der Waals surface area contributed by atoms with Crippen molar-refractivity contribution in [1.82, 2.24) is 4.98 Å². The van der Waals surface area contributed by atoms with Crippen LogP contribution in [0.3, 0.4) is 0 Å². The Labute approximate surface area is 149 Å². The van der Waals surface area contributed by atoms with Gasteiger partial charge < -0.3 is 14.9 Å². The van der Waals surface area contributed by atoms with E-state index in [4.69, 9.17) is 14.9 Å². The minimum absolute atomic E-state index is 0.00779. The number of aromatic nitrogens is 1. The normalized spacial score (nSPS) is 11.4. The summed E-state index contributed by atoms with van der Waals surface area (Å²) in [5.41, 5.74) is 1.05. The molecular weight excluding hydrogens is 348 g/mol. The standard InChI is InChI=1S/C18H21F2NO3S/c1-11(2)25-18-13(5-3-7-21-18)12-9-14(19)17(15(20)10-12)24-8-4-6-16(22)23/h3,5,7,9-11,16,22-23H,4,6,8H2,1-2H3. The van der Waals surface area contributed by atoms with Crippen molar-refractivity contribution in [3.63, 3.8) is 0 Å². The molecule has 136 valence electrons. The predicted octanol–water partition coefficient (Wildman–Crippen LogP) is 4.00. The second kappa shape index (κ2) is 9.12. The SMILES string of the molecule is CC(C)Sc1ncccc1-c1cc(F)c(OCCCC(O)O)c(F)c1. The van der Waals surface area contributed by atoms with Crippen LogP contribution in [0, 0.1) is 11.6 Å². The highest BCUT2D eigenvalue weighted by Gasteiger charge is 2.16. The zero-order chi connectivity index (χ0) is 18.4. The van der Waals surface area contributed by atoms with Crippen LogP contribution in [-0.2, 0) is 0 Å². The van der Waals surface area contributed by atoms with Crippen LogP contribution in [0.2, 0.25) is 0 Å². The molecule has 1 heterocycles. The maximum atomic E-state index is 14.3. The van der Waals surface area contributed by atoms with E-state index in [-0.39, 0.29) is 24.7 Å². The van der Waals surface area contributed by atoms with Crippen molar-refractivity contribution in [3.8, 4) is 16.9 Å². The molecule has 0 radical (unpaired) electrons. The van der Waals surface area contributed by atoms with E-state index in [1.807, 2.05) is 13.8 Å². The lowest BCUT2D eigenvalue weighted by molar-refractivity contribution is -0.0480. The van der Waals surface area contributed by atoms with Crippen molar-refractivity contribution in [2.45, 2.75) is 43.3 Å². The van der Waals surface area contributed by atoms with Gasteiger partial charge in [-0.25, -0.2) is 13.8 Å². The van der Waals surface area contributed by atoms with Gasteiger partial charge in [0.1, 0.15) is 5.03 Å². The van der Waals surface area contributed by atoms with Crippen LogP contribution in [0.25, 0.3) is 11.1 Å². The number of pyridine rings is 1. The molecule has 2 N–H and O–H groups in total. The van der Waals surface area contributed by atoms with Crippen molar-refractivity contribution in [1.29, 1.82) is 0 Å². The first-order valence-electron chi connectivity index (χ1n) is 7.98. The third-order valence-corrected chi connectivity index (χ3v) is 4.30. The summed E-state index contributed by atoms with van der Waals surface area (Å²) in [4.78, 5) is 4.29. The summed E-state index contributed by atoms with van der Waals surface area (Å²) in [7, 11) is 0. The van der Waals surface area contributed by atoms with Gasteiger partial charge in [0.05, 0.1) is 6.61 Å². The summed E-state index contributed by atoms with van der Waals surface area (Å²) >= 11 is 1.52. The van der Waals surface area contributed by atoms with E-state index < -0.39 is 23.7 Å². The maximum absolute atomic E-state index is 14.3. The molecule has 0 saturated heterocycles. The highest BCUT2D eigenvalue weighted by molar-refractivity contribution is 7.99. The maximum Gasteiger partial charge on any atom is 0.190 e. The number of halogens is 2. The smallest absolute Gasteiger partial charge is 0.190 e. The van der Waals surface area contributed by atoms with Gasteiger partial charge in [-0.1, -0.05) is 19.9 Å². The van der Waals surface area contributed by atoms with Crippen molar-refractivity contribution in [2.75, 3.05) is 6.61 Å². The van der Waals surface area contributed by atoms with Gasteiger partial charge in [0.2, 0.25) is 0 Å². The van der Waals surface area contributed by atoms with Crippen LogP contribution < -0.4 is 4.74 Å². The van der Waals surface area contributed by atoms with E-state index in [2.05, 4.69) is 4.98 Å². The van der Waals surface area contributed by atoms with E-state index in [0.717, 1.165) is 0 Å². The molecule has 2 rings (SSSR count). The highest BCUT2D eigenvalue weighted by atomic mass is 32.2. The fourth-order valence-corrected chi connectivity index (χ4v) is 3.10. The molecule has 7 heteroatoms. The summed E-state index contributed by atoms with van der Waals surface area (Å²) in [5, 5.41) is 18.5. The first-order chi connectivity index (χ1) is 11.9. The average Bonchev–Trinajstić information content (AvgIpc) is 2.53. The second-order valence-corrected chi connectivity index (χ2v) is 7.33. The molecule has 25 heavy (non-hydrogen) atoms. The summed E-state index contributed by atoms with van der Waals surface area (Å²) < 4.78 is 33.7. The second-order valence-electron chi connectivity index (χ2n) is 5.76. The topological polar surface area (TPSA) is 62.6 Å². The van der Waals surface area contributed by atoms with E-state index in [1.165, 1.54) is 23.9 Å². The molecular formula is C18H21F2NO3S. The van der Waals surface area contributed by atoms with Crippen molar-refractivity contribution >= 4 is 11.8 Å². The molecule has 1 aromatic carbocycles. The summed E-state index contributed by atoms with van der Waals surface area (Å²) in [6.07, 6.45) is 0.541. The fourth-order valence-electron chi connectivity index (χ4n) is 2.22. The van der Waals surface area contributed by atoms with Gasteiger partial charge in [-0.3, -0.25) is 0 Å². The number of aliphatic hydroxyl groups excluding tert-OH is 1. The monoisotopic (exact) mass is 369 g/mol. The molecule has 4 nitrogen and oxygen atoms in total. The highest BCUT2D eigenvalue weighted by Crippen LogP contribution is 2.35. The molecule has 0 aliphatic heterocycles. The summed E-state index contributed by atoms with van der Waals surface area (Å²) in [5.74, 6) is -2.06. The third-order valence-electron chi connectivity index (χ3n) is 3.28. The summed E-state index contributed by atoms with van der Waals surface area (Å²) in [6, 6.07) is 5.94. The molecule has 0 aliphatic carbocycles. The number of thioether (sulfide) groups is 1. The quantitative estimate of drug-likeness (QED) is 0.418. The lowest BCUT2D eigenvalue weighted by Crippen LogP contribution is -2.08. The molecule has 0 unspecified atom stereocenters. The molecule has 0 saturated carbocycles. The Kier molecular flexibility index (Phi) is 7.16. The Bertz CT molecular complexity index is 687. The van der Waals surface area contributed by atoms with E-state index in [0.29, 0.717) is 16.2 Å². The number of hydrogen-bond donors (Lipinski definition) is 2. The molecule has 0 fully saturated rings. The number of ether oxygens (including phenoxy) is 1. The average molecular weight is 369 g/mol. The van der Waals surface area contributed by atoms with Gasteiger partial charge in [-0.15, -0.1) is 11.8 Å². The predicted molar refractivity (Wildman–Crippen MR) is 93.5 cm³/mol. The van der Waals surface area contributed by atoms with E-state index in [9.17, 15) is 8.78 Å². The molecule has 0 aliphatic rings. The molecule has 0 atom stereocenters. The van der Waals surface area contributed by atoms with Crippen molar-refractivity contribution in [3.05, 3.63) is 42.1 Å². The first kappa shape index (κ1) is 19.6. The minimum atomic E-state index is -1.46. The molecule has 0 amide bonds. The summed E-state index contributed by atoms with van der Waals surface area (Å²) in [6.45, 7) is 4.03. The lowest BCUT2D eigenvalue weighted by Gasteiger charge is -2.13. The minimum Gasteiger partial charge on any atom is -0.488 e. The Balaban J connectivity index is 2.22. The molecule has 1 aromatic heterocycles. The lowest BCUT2D eigenvalue weighted by atomic mass is 10.1. The zero-order valence-corrected chi connectivity index (χ0v) is 14.9. The fraction of sp³-hybridized carbons (Fsp3) is 0.389. The number of nitrogens with zero attached hydrogens (tertiary/aromatic N) is 1.